The molecule has 0 radical (unpaired) electrons. The molecule has 1 heterocycles. The molecular formula is C17H17FN2O6S2. The number of rotatable bonds is 7. The summed E-state index contributed by atoms with van der Waals surface area (Å²) >= 11 is 0.598. The Morgan fingerprint density at radius 2 is 2.07 bits per heavy atom. The van der Waals surface area contributed by atoms with Gasteiger partial charge in [0, 0.05) is 12.3 Å². The summed E-state index contributed by atoms with van der Waals surface area (Å²) < 4.78 is 51.3. The lowest BCUT2D eigenvalue weighted by Gasteiger charge is -2.09. The standard InChI is InChI=1S/C17H17FN2O6S2/c1-25-16(22)13-15(20-27-17(13)28(2,23)24)26-8-9-3-6-12(18)11(7-9)14(21)19-10-4-5-10/h3,6-7,10H,4-5,8H2,1-2H3,(H,19,21). The van der Waals surface area contributed by atoms with E-state index < -0.39 is 27.5 Å². The maximum atomic E-state index is 14.0. The summed E-state index contributed by atoms with van der Waals surface area (Å²) in [6, 6.07) is 3.99. The summed E-state index contributed by atoms with van der Waals surface area (Å²) in [5.74, 6) is -2.27. The van der Waals surface area contributed by atoms with Crippen LogP contribution in [-0.4, -0.2) is 44.1 Å². The summed E-state index contributed by atoms with van der Waals surface area (Å²) in [7, 11) is -2.60. The molecule has 0 unspecified atom stereocenters. The Morgan fingerprint density at radius 1 is 1.36 bits per heavy atom. The van der Waals surface area contributed by atoms with Gasteiger partial charge in [-0.25, -0.2) is 17.6 Å². The second-order valence-corrected chi connectivity index (χ2v) is 9.25. The zero-order chi connectivity index (χ0) is 20.5. The lowest BCUT2D eigenvalue weighted by molar-refractivity contribution is 0.0591. The van der Waals surface area contributed by atoms with Crippen molar-refractivity contribution in [1.82, 2.24) is 9.69 Å². The van der Waals surface area contributed by atoms with E-state index in [0.717, 1.165) is 32.3 Å². The van der Waals surface area contributed by atoms with E-state index in [1.807, 2.05) is 0 Å². The second kappa shape index (κ2) is 7.84. The van der Waals surface area contributed by atoms with E-state index in [4.69, 9.17) is 4.74 Å². The number of halogens is 1. The zero-order valence-corrected chi connectivity index (χ0v) is 16.7. The molecule has 3 rings (SSSR count). The van der Waals surface area contributed by atoms with Gasteiger partial charge in [0.1, 0.15) is 12.4 Å². The quantitative estimate of drug-likeness (QED) is 0.671. The van der Waals surface area contributed by atoms with Crippen molar-refractivity contribution in [3.8, 4) is 5.88 Å². The molecule has 1 N–H and O–H groups in total. The highest BCUT2D eigenvalue weighted by Gasteiger charge is 2.29. The van der Waals surface area contributed by atoms with Crippen LogP contribution < -0.4 is 10.1 Å². The summed E-state index contributed by atoms with van der Waals surface area (Å²) in [4.78, 5) is 24.1. The van der Waals surface area contributed by atoms with Crippen LogP contribution in [0.1, 0.15) is 39.1 Å². The van der Waals surface area contributed by atoms with E-state index in [9.17, 15) is 22.4 Å². The number of esters is 1. The molecule has 28 heavy (non-hydrogen) atoms. The Kier molecular flexibility index (Phi) is 5.66. The summed E-state index contributed by atoms with van der Waals surface area (Å²) in [6.07, 6.45) is 2.69. The van der Waals surface area contributed by atoms with E-state index in [0.29, 0.717) is 17.1 Å². The first-order valence-corrected chi connectivity index (χ1v) is 10.9. The maximum Gasteiger partial charge on any atom is 0.345 e. The van der Waals surface area contributed by atoms with Crippen LogP contribution in [0.2, 0.25) is 0 Å². The molecule has 0 aliphatic heterocycles. The van der Waals surface area contributed by atoms with E-state index in [2.05, 4.69) is 14.4 Å². The summed E-state index contributed by atoms with van der Waals surface area (Å²) in [6.45, 7) is -0.152. The van der Waals surface area contributed by atoms with Crippen LogP contribution in [0.3, 0.4) is 0 Å². The number of sulfone groups is 1. The van der Waals surface area contributed by atoms with Crippen LogP contribution in [0.25, 0.3) is 0 Å². The van der Waals surface area contributed by atoms with Crippen molar-refractivity contribution >= 4 is 33.2 Å². The van der Waals surface area contributed by atoms with Gasteiger partial charge in [-0.2, -0.15) is 4.37 Å². The number of hydrogen-bond acceptors (Lipinski definition) is 8. The third-order valence-electron chi connectivity index (χ3n) is 3.92. The van der Waals surface area contributed by atoms with Gasteiger partial charge in [-0.05, 0) is 42.1 Å². The Bertz CT molecular complexity index is 1030. The van der Waals surface area contributed by atoms with E-state index in [-0.39, 0.29) is 33.9 Å². The van der Waals surface area contributed by atoms with Gasteiger partial charge in [0.15, 0.2) is 19.6 Å². The maximum absolute atomic E-state index is 14.0. The van der Waals surface area contributed by atoms with E-state index >= 15 is 0 Å². The minimum Gasteiger partial charge on any atom is -0.472 e. The molecule has 0 saturated heterocycles. The van der Waals surface area contributed by atoms with Gasteiger partial charge in [0.2, 0.25) is 5.88 Å². The number of nitrogens with zero attached hydrogens (tertiary/aromatic N) is 1. The molecule has 1 aromatic heterocycles. The van der Waals surface area contributed by atoms with Crippen molar-refractivity contribution in [3.63, 3.8) is 0 Å². The first-order chi connectivity index (χ1) is 13.2. The van der Waals surface area contributed by atoms with Crippen molar-refractivity contribution in [2.75, 3.05) is 13.4 Å². The fourth-order valence-electron chi connectivity index (χ4n) is 2.36. The number of benzene rings is 1. The molecule has 11 heteroatoms. The fraction of sp³-hybridized carbons (Fsp3) is 0.353. The average Bonchev–Trinajstić information content (AvgIpc) is 3.34. The van der Waals surface area contributed by atoms with Crippen LogP contribution >= 0.6 is 11.5 Å². The Balaban J connectivity index is 1.81. The monoisotopic (exact) mass is 428 g/mol. The molecule has 1 amide bonds. The fourth-order valence-corrected chi connectivity index (χ4v) is 4.13. The number of ether oxygens (including phenoxy) is 2. The molecule has 1 aliphatic rings. The smallest absolute Gasteiger partial charge is 0.345 e. The van der Waals surface area contributed by atoms with Gasteiger partial charge < -0.3 is 14.8 Å². The lowest BCUT2D eigenvalue weighted by atomic mass is 10.1. The van der Waals surface area contributed by atoms with Gasteiger partial charge in [-0.3, -0.25) is 4.79 Å². The van der Waals surface area contributed by atoms with Crippen molar-refractivity contribution in [3.05, 3.63) is 40.7 Å². The lowest BCUT2D eigenvalue weighted by Crippen LogP contribution is -2.26. The van der Waals surface area contributed by atoms with Crippen LogP contribution in [0.15, 0.2) is 22.4 Å². The Labute approximate surface area is 164 Å². The van der Waals surface area contributed by atoms with Crippen molar-refractivity contribution < 1.29 is 31.9 Å². The highest BCUT2D eigenvalue weighted by molar-refractivity contribution is 7.92. The Morgan fingerprint density at radius 3 is 2.68 bits per heavy atom. The van der Waals surface area contributed by atoms with Crippen LogP contribution in [0.5, 0.6) is 5.88 Å². The molecule has 0 atom stereocenters. The number of hydrogen-bond donors (Lipinski definition) is 1. The molecule has 1 aliphatic carbocycles. The van der Waals surface area contributed by atoms with E-state index in [1.165, 1.54) is 12.1 Å². The van der Waals surface area contributed by atoms with Gasteiger partial charge in [0.25, 0.3) is 5.91 Å². The number of carbonyl (C=O) groups excluding carboxylic acids is 2. The van der Waals surface area contributed by atoms with Gasteiger partial charge in [-0.15, -0.1) is 0 Å². The number of methoxy groups -OCH3 is 1. The first kappa shape index (κ1) is 20.2. The Hall–Kier alpha value is -2.53. The summed E-state index contributed by atoms with van der Waals surface area (Å²) in [5.41, 5.74) is 0.0483. The largest absolute Gasteiger partial charge is 0.472 e. The molecule has 0 spiro atoms. The van der Waals surface area contributed by atoms with Crippen molar-refractivity contribution in [2.24, 2.45) is 0 Å². The van der Waals surface area contributed by atoms with Crippen LogP contribution in [0, 0.1) is 5.82 Å². The third kappa shape index (κ3) is 4.47. The number of amides is 1. The molecule has 150 valence electrons. The van der Waals surface area contributed by atoms with Crippen LogP contribution in [0.4, 0.5) is 4.39 Å². The van der Waals surface area contributed by atoms with Gasteiger partial charge >= 0.3 is 5.97 Å². The molecule has 8 nitrogen and oxygen atoms in total. The van der Waals surface area contributed by atoms with Crippen molar-refractivity contribution in [2.45, 2.75) is 29.7 Å². The highest BCUT2D eigenvalue weighted by Crippen LogP contribution is 2.31. The minimum atomic E-state index is -3.71. The third-order valence-corrected chi connectivity index (χ3v) is 6.56. The number of nitrogens with one attached hydrogen (secondary N) is 1. The topological polar surface area (TPSA) is 112 Å². The molecular weight excluding hydrogens is 411 g/mol. The zero-order valence-electron chi connectivity index (χ0n) is 15.0. The molecule has 1 fully saturated rings. The highest BCUT2D eigenvalue weighted by atomic mass is 32.2. The predicted octanol–water partition coefficient (Wildman–Crippen LogP) is 1.94. The number of aromatic nitrogens is 1. The summed E-state index contributed by atoms with van der Waals surface area (Å²) in [5, 5.41) is 2.71. The van der Waals surface area contributed by atoms with Crippen molar-refractivity contribution in [1.29, 1.82) is 0 Å². The number of carbonyl (C=O) groups is 2. The average molecular weight is 428 g/mol. The second-order valence-electron chi connectivity index (χ2n) is 6.26. The molecule has 0 bridgehead atoms. The SMILES string of the molecule is COC(=O)c1c(OCc2ccc(F)c(C(=O)NC3CC3)c2)nsc1S(C)(=O)=O. The predicted molar refractivity (Wildman–Crippen MR) is 97.8 cm³/mol. The van der Waals surface area contributed by atoms with Gasteiger partial charge in [-0.1, -0.05) is 6.07 Å². The normalized spacial score (nSPS) is 13.8. The molecule has 1 aromatic carbocycles. The first-order valence-electron chi connectivity index (χ1n) is 8.21. The van der Waals surface area contributed by atoms with Gasteiger partial charge in [0.05, 0.1) is 12.7 Å². The molecule has 2 aromatic rings. The van der Waals surface area contributed by atoms with E-state index in [1.54, 1.807) is 0 Å². The van der Waals surface area contributed by atoms with Crippen LogP contribution in [-0.2, 0) is 21.2 Å². The minimum absolute atomic E-state index is 0.0823. The molecule has 1 saturated carbocycles.